The van der Waals surface area contributed by atoms with Crippen molar-refractivity contribution in [1.29, 1.82) is 0 Å². The van der Waals surface area contributed by atoms with Crippen LogP contribution in [0.2, 0.25) is 0 Å². The number of halogens is 1. The first-order chi connectivity index (χ1) is 16.1. The Kier molecular flexibility index (Phi) is 8.85. The Morgan fingerprint density at radius 1 is 0.912 bits per heavy atom. The molecule has 34 heavy (non-hydrogen) atoms. The Morgan fingerprint density at radius 2 is 1.62 bits per heavy atom. The van der Waals surface area contributed by atoms with Crippen LogP contribution < -0.4 is 11.1 Å². The van der Waals surface area contributed by atoms with Crippen molar-refractivity contribution in [3.05, 3.63) is 107 Å². The second-order valence-electron chi connectivity index (χ2n) is 7.97. The van der Waals surface area contributed by atoms with Gasteiger partial charge in [-0.2, -0.15) is 0 Å². The van der Waals surface area contributed by atoms with Gasteiger partial charge >= 0.3 is 5.97 Å². The molecule has 0 fully saturated rings. The topological polar surface area (TPSA) is 97.2 Å². The fourth-order valence-corrected chi connectivity index (χ4v) is 3.71. The SMILES string of the molecule is Cl.N[C@@H](Cc1c[nH]c2ccccc12)C(=O)NCCc1ccc(C(=O)OCc2ccccc2)cc1. The number of H-pyrrole nitrogens is 1. The quantitative estimate of drug-likeness (QED) is 0.315. The normalized spacial score (nSPS) is 11.4. The molecule has 1 heterocycles. The van der Waals surface area contributed by atoms with E-state index in [4.69, 9.17) is 10.5 Å². The van der Waals surface area contributed by atoms with E-state index in [1.807, 2.05) is 72.9 Å². The van der Waals surface area contributed by atoms with Crippen LogP contribution in [-0.2, 0) is 29.0 Å². The molecule has 0 saturated carbocycles. The van der Waals surface area contributed by atoms with Gasteiger partial charge in [0, 0.05) is 23.6 Å². The van der Waals surface area contributed by atoms with E-state index in [2.05, 4.69) is 10.3 Å². The molecule has 0 aliphatic carbocycles. The minimum atomic E-state index is -0.619. The van der Waals surface area contributed by atoms with Gasteiger partial charge in [0.1, 0.15) is 6.61 Å². The summed E-state index contributed by atoms with van der Waals surface area (Å²) in [5, 5.41) is 3.99. The van der Waals surface area contributed by atoms with Crippen molar-refractivity contribution in [2.45, 2.75) is 25.5 Å². The first-order valence-electron chi connectivity index (χ1n) is 11.0. The van der Waals surface area contributed by atoms with Crippen molar-refractivity contribution in [1.82, 2.24) is 10.3 Å². The molecule has 6 nitrogen and oxygen atoms in total. The average molecular weight is 478 g/mol. The summed E-state index contributed by atoms with van der Waals surface area (Å²) in [5.41, 5.74) is 10.6. The van der Waals surface area contributed by atoms with Gasteiger partial charge in [-0.3, -0.25) is 4.79 Å². The summed E-state index contributed by atoms with van der Waals surface area (Å²) in [6, 6.07) is 24.1. The molecule has 4 rings (SSSR count). The highest BCUT2D eigenvalue weighted by atomic mass is 35.5. The predicted molar refractivity (Wildman–Crippen MR) is 136 cm³/mol. The maximum Gasteiger partial charge on any atom is 0.338 e. The predicted octanol–water partition coefficient (Wildman–Crippen LogP) is 4.18. The molecule has 4 N–H and O–H groups in total. The molecule has 4 aromatic rings. The third-order valence-electron chi connectivity index (χ3n) is 5.57. The maximum absolute atomic E-state index is 12.4. The number of carbonyl (C=O) groups excluding carboxylic acids is 2. The number of hydrogen-bond donors (Lipinski definition) is 3. The fraction of sp³-hybridized carbons (Fsp3) is 0.185. The van der Waals surface area contributed by atoms with Crippen LogP contribution >= 0.6 is 12.4 Å². The van der Waals surface area contributed by atoms with Gasteiger partial charge < -0.3 is 20.8 Å². The van der Waals surface area contributed by atoms with Crippen LogP contribution in [0.4, 0.5) is 0 Å². The van der Waals surface area contributed by atoms with Crippen LogP contribution in [0.15, 0.2) is 85.1 Å². The van der Waals surface area contributed by atoms with Gasteiger partial charge in [-0.25, -0.2) is 4.79 Å². The molecule has 0 unspecified atom stereocenters. The van der Waals surface area contributed by atoms with Crippen molar-refractivity contribution in [2.24, 2.45) is 5.73 Å². The zero-order valence-electron chi connectivity index (χ0n) is 18.7. The Labute approximate surface area is 204 Å². The Hall–Kier alpha value is -3.61. The molecular weight excluding hydrogens is 450 g/mol. The molecule has 1 aromatic heterocycles. The van der Waals surface area contributed by atoms with Gasteiger partial charge in [0.25, 0.3) is 0 Å². The maximum atomic E-state index is 12.4. The third-order valence-corrected chi connectivity index (χ3v) is 5.57. The summed E-state index contributed by atoms with van der Waals surface area (Å²) in [4.78, 5) is 27.9. The molecular formula is C27H28ClN3O3. The molecule has 0 saturated heterocycles. The van der Waals surface area contributed by atoms with Gasteiger partial charge in [0.2, 0.25) is 5.91 Å². The van der Waals surface area contributed by atoms with Crippen LogP contribution in [0.25, 0.3) is 10.9 Å². The number of fused-ring (bicyclic) bond motifs is 1. The van der Waals surface area contributed by atoms with E-state index in [9.17, 15) is 9.59 Å². The van der Waals surface area contributed by atoms with Crippen molar-refractivity contribution in [2.75, 3.05) is 6.54 Å². The lowest BCUT2D eigenvalue weighted by Gasteiger charge is -2.12. The number of nitrogens with two attached hydrogens (primary N) is 1. The molecule has 0 bridgehead atoms. The average Bonchev–Trinajstić information content (AvgIpc) is 3.26. The second-order valence-corrected chi connectivity index (χ2v) is 7.97. The lowest BCUT2D eigenvalue weighted by Crippen LogP contribution is -2.42. The van der Waals surface area contributed by atoms with E-state index >= 15 is 0 Å². The van der Waals surface area contributed by atoms with E-state index in [0.717, 1.165) is 27.6 Å². The number of esters is 1. The summed E-state index contributed by atoms with van der Waals surface area (Å²) in [6.07, 6.45) is 3.02. The van der Waals surface area contributed by atoms with E-state index in [1.165, 1.54) is 0 Å². The zero-order chi connectivity index (χ0) is 23.0. The first-order valence-corrected chi connectivity index (χ1v) is 11.0. The number of carbonyl (C=O) groups is 2. The molecule has 1 amide bonds. The Bertz CT molecular complexity index is 1220. The van der Waals surface area contributed by atoms with Crippen LogP contribution in [-0.4, -0.2) is 29.4 Å². The van der Waals surface area contributed by atoms with Crippen molar-refractivity contribution in [3.63, 3.8) is 0 Å². The number of hydrogen-bond acceptors (Lipinski definition) is 4. The highest BCUT2D eigenvalue weighted by molar-refractivity contribution is 5.89. The van der Waals surface area contributed by atoms with Crippen LogP contribution in [0, 0.1) is 0 Å². The molecule has 0 aliphatic rings. The Morgan fingerprint density at radius 3 is 2.38 bits per heavy atom. The Balaban J connectivity index is 0.00000324. The van der Waals surface area contributed by atoms with Gasteiger partial charge in [0.05, 0.1) is 11.6 Å². The minimum Gasteiger partial charge on any atom is -0.457 e. The number of amides is 1. The summed E-state index contributed by atoms with van der Waals surface area (Å²) < 4.78 is 5.35. The lowest BCUT2D eigenvalue weighted by molar-refractivity contribution is -0.122. The molecule has 7 heteroatoms. The van der Waals surface area contributed by atoms with Gasteiger partial charge in [-0.1, -0.05) is 60.7 Å². The largest absolute Gasteiger partial charge is 0.457 e. The summed E-state index contributed by atoms with van der Waals surface area (Å²) in [7, 11) is 0. The highest BCUT2D eigenvalue weighted by Gasteiger charge is 2.16. The number of aromatic amines is 1. The highest BCUT2D eigenvalue weighted by Crippen LogP contribution is 2.18. The number of benzene rings is 3. The molecule has 3 aromatic carbocycles. The number of para-hydroxylation sites is 1. The van der Waals surface area contributed by atoms with Gasteiger partial charge in [-0.15, -0.1) is 12.4 Å². The number of nitrogens with one attached hydrogen (secondary N) is 2. The van der Waals surface area contributed by atoms with Crippen molar-refractivity contribution >= 4 is 35.2 Å². The van der Waals surface area contributed by atoms with E-state index in [1.54, 1.807) is 12.1 Å². The van der Waals surface area contributed by atoms with E-state index in [0.29, 0.717) is 24.9 Å². The summed E-state index contributed by atoms with van der Waals surface area (Å²) in [6.45, 7) is 0.713. The molecule has 0 aliphatic heterocycles. The van der Waals surface area contributed by atoms with Gasteiger partial charge in [0.15, 0.2) is 0 Å². The number of rotatable bonds is 9. The smallest absolute Gasteiger partial charge is 0.338 e. The zero-order valence-corrected chi connectivity index (χ0v) is 19.5. The molecule has 176 valence electrons. The van der Waals surface area contributed by atoms with E-state index in [-0.39, 0.29) is 30.9 Å². The lowest BCUT2D eigenvalue weighted by atomic mass is 10.0. The first kappa shape index (κ1) is 25.0. The molecule has 0 spiro atoms. The molecule has 0 radical (unpaired) electrons. The van der Waals surface area contributed by atoms with Gasteiger partial charge in [-0.05, 0) is 47.7 Å². The van der Waals surface area contributed by atoms with Crippen LogP contribution in [0.1, 0.15) is 27.0 Å². The second kappa shape index (κ2) is 12.0. The molecule has 1 atom stereocenters. The third kappa shape index (κ3) is 6.47. The number of ether oxygens (including phenoxy) is 1. The monoisotopic (exact) mass is 477 g/mol. The van der Waals surface area contributed by atoms with Crippen molar-refractivity contribution < 1.29 is 14.3 Å². The minimum absolute atomic E-state index is 0. The van der Waals surface area contributed by atoms with E-state index < -0.39 is 6.04 Å². The fourth-order valence-electron chi connectivity index (χ4n) is 3.71. The summed E-state index contributed by atoms with van der Waals surface area (Å²) in [5.74, 6) is -0.539. The van der Waals surface area contributed by atoms with Crippen molar-refractivity contribution in [3.8, 4) is 0 Å². The van der Waals surface area contributed by atoms with Crippen LogP contribution in [0.3, 0.4) is 0 Å². The van der Waals surface area contributed by atoms with Crippen LogP contribution in [0.5, 0.6) is 0 Å². The standard InChI is InChI=1S/C27H27N3O3.ClH/c28-24(16-22-17-30-25-9-5-4-8-23(22)25)26(31)29-15-14-19-10-12-21(13-11-19)27(32)33-18-20-6-2-1-3-7-20;/h1-13,17,24,30H,14-16,18,28H2,(H,29,31);1H/t24-;/m0./s1. The number of aromatic nitrogens is 1. The summed E-state index contributed by atoms with van der Waals surface area (Å²) >= 11 is 0.